The monoisotopic (exact) mass is 279 g/mol. The standard InChI is InChI=1S/C14H14FNO4/c1-2-20-13(18)9-16-14(19)12-8-11(15)6-5-10(12)4-3-7-17/h5-6,8,17H,2,7,9H2,1H3,(H,16,19). The highest BCUT2D eigenvalue weighted by Crippen LogP contribution is 2.10. The molecule has 0 atom stereocenters. The van der Waals surface area contributed by atoms with E-state index in [2.05, 4.69) is 21.9 Å². The van der Waals surface area contributed by atoms with Crippen LogP contribution in [-0.4, -0.2) is 36.7 Å². The molecule has 0 aromatic heterocycles. The predicted octanol–water partition coefficient (Wildman–Crippen LogP) is 0.462. The van der Waals surface area contributed by atoms with Crippen LogP contribution in [0.2, 0.25) is 0 Å². The Hall–Kier alpha value is -2.39. The number of esters is 1. The topological polar surface area (TPSA) is 75.6 Å². The summed E-state index contributed by atoms with van der Waals surface area (Å²) in [6, 6.07) is 3.50. The summed E-state index contributed by atoms with van der Waals surface area (Å²) in [6.07, 6.45) is 0. The molecule has 0 spiro atoms. The van der Waals surface area contributed by atoms with Gasteiger partial charge in [-0.15, -0.1) is 0 Å². The average Bonchev–Trinajstić information content (AvgIpc) is 2.43. The molecule has 2 N–H and O–H groups in total. The van der Waals surface area contributed by atoms with Gasteiger partial charge in [-0.25, -0.2) is 4.39 Å². The lowest BCUT2D eigenvalue weighted by Gasteiger charge is -2.07. The molecule has 0 saturated heterocycles. The second-order valence-corrected chi connectivity index (χ2v) is 3.64. The molecule has 1 rings (SSSR count). The van der Waals surface area contributed by atoms with E-state index in [1.165, 1.54) is 6.07 Å². The number of hydrogen-bond acceptors (Lipinski definition) is 4. The van der Waals surface area contributed by atoms with Crippen molar-refractivity contribution < 1.29 is 23.8 Å². The maximum Gasteiger partial charge on any atom is 0.325 e. The third-order valence-electron chi connectivity index (χ3n) is 2.23. The van der Waals surface area contributed by atoms with E-state index in [4.69, 9.17) is 5.11 Å². The first-order valence-electron chi connectivity index (χ1n) is 5.91. The number of nitrogens with one attached hydrogen (secondary N) is 1. The second-order valence-electron chi connectivity index (χ2n) is 3.64. The molecule has 0 unspecified atom stereocenters. The van der Waals surface area contributed by atoms with Gasteiger partial charge in [0.05, 0.1) is 12.2 Å². The molecule has 0 fully saturated rings. The quantitative estimate of drug-likeness (QED) is 0.620. The number of rotatable bonds is 4. The number of hydrogen-bond donors (Lipinski definition) is 2. The minimum atomic E-state index is -0.639. The van der Waals surface area contributed by atoms with Crippen LogP contribution in [0.5, 0.6) is 0 Å². The molecule has 0 aliphatic heterocycles. The van der Waals surface area contributed by atoms with E-state index < -0.39 is 17.7 Å². The molecule has 1 aromatic carbocycles. The average molecular weight is 279 g/mol. The SMILES string of the molecule is CCOC(=O)CNC(=O)c1cc(F)ccc1C#CCO. The predicted molar refractivity (Wildman–Crippen MR) is 69.3 cm³/mol. The molecule has 0 heterocycles. The van der Waals surface area contributed by atoms with Gasteiger partial charge in [-0.05, 0) is 25.1 Å². The maximum absolute atomic E-state index is 13.2. The van der Waals surface area contributed by atoms with Crippen LogP contribution in [-0.2, 0) is 9.53 Å². The summed E-state index contributed by atoms with van der Waals surface area (Å²) in [6.45, 7) is 1.17. The molecule has 0 aliphatic rings. The number of ether oxygens (including phenoxy) is 1. The molecular weight excluding hydrogens is 265 g/mol. The van der Waals surface area contributed by atoms with Gasteiger partial charge in [0.25, 0.3) is 5.91 Å². The first kappa shape index (κ1) is 15.7. The lowest BCUT2D eigenvalue weighted by Crippen LogP contribution is -2.31. The van der Waals surface area contributed by atoms with Crippen LogP contribution in [0.4, 0.5) is 4.39 Å². The maximum atomic E-state index is 13.2. The third kappa shape index (κ3) is 4.71. The molecule has 20 heavy (non-hydrogen) atoms. The van der Waals surface area contributed by atoms with Crippen molar-refractivity contribution in [1.29, 1.82) is 0 Å². The number of benzene rings is 1. The van der Waals surface area contributed by atoms with Crippen LogP contribution < -0.4 is 5.32 Å². The Balaban J connectivity index is 2.85. The van der Waals surface area contributed by atoms with E-state index in [0.717, 1.165) is 12.1 Å². The fourth-order valence-electron chi connectivity index (χ4n) is 1.41. The van der Waals surface area contributed by atoms with Crippen LogP contribution in [0.15, 0.2) is 18.2 Å². The van der Waals surface area contributed by atoms with Crippen molar-refractivity contribution >= 4 is 11.9 Å². The van der Waals surface area contributed by atoms with Crippen molar-refractivity contribution in [3.05, 3.63) is 35.1 Å². The van der Waals surface area contributed by atoms with Crippen molar-refractivity contribution in [2.24, 2.45) is 0 Å². The zero-order valence-electron chi connectivity index (χ0n) is 10.9. The molecule has 0 aliphatic carbocycles. The Kier molecular flexibility index (Phi) is 6.20. The van der Waals surface area contributed by atoms with Gasteiger partial charge >= 0.3 is 5.97 Å². The molecule has 0 saturated carbocycles. The minimum absolute atomic E-state index is 0.00440. The van der Waals surface area contributed by atoms with Gasteiger partial charge in [-0.2, -0.15) is 0 Å². The molecule has 1 aromatic rings. The first-order valence-corrected chi connectivity index (χ1v) is 5.91. The summed E-state index contributed by atoms with van der Waals surface area (Å²) in [7, 11) is 0. The fourth-order valence-corrected chi connectivity index (χ4v) is 1.41. The lowest BCUT2D eigenvalue weighted by atomic mass is 10.1. The highest BCUT2D eigenvalue weighted by atomic mass is 19.1. The Morgan fingerprint density at radius 1 is 1.45 bits per heavy atom. The van der Waals surface area contributed by atoms with Crippen molar-refractivity contribution in [2.45, 2.75) is 6.92 Å². The number of carbonyl (C=O) groups is 2. The molecule has 6 heteroatoms. The van der Waals surface area contributed by atoms with Crippen molar-refractivity contribution in [1.82, 2.24) is 5.32 Å². The highest BCUT2D eigenvalue weighted by molar-refractivity contribution is 5.98. The molecule has 1 amide bonds. The summed E-state index contributed by atoms with van der Waals surface area (Å²) in [5.74, 6) is 3.10. The van der Waals surface area contributed by atoms with Gasteiger partial charge in [0.1, 0.15) is 19.0 Å². The molecular formula is C14H14FNO4. The Labute approximate surface area is 115 Å². The van der Waals surface area contributed by atoms with Crippen molar-refractivity contribution in [3.8, 4) is 11.8 Å². The first-order chi connectivity index (χ1) is 9.58. The van der Waals surface area contributed by atoms with E-state index >= 15 is 0 Å². The highest BCUT2D eigenvalue weighted by Gasteiger charge is 2.13. The van der Waals surface area contributed by atoms with Gasteiger partial charge in [0.15, 0.2) is 0 Å². The molecule has 0 bridgehead atoms. The van der Waals surface area contributed by atoms with E-state index in [9.17, 15) is 14.0 Å². The number of aliphatic hydroxyl groups excluding tert-OH is 1. The van der Waals surface area contributed by atoms with Crippen LogP contribution >= 0.6 is 0 Å². The van der Waals surface area contributed by atoms with Gasteiger partial charge in [-0.1, -0.05) is 11.8 Å². The molecule has 0 radical (unpaired) electrons. The van der Waals surface area contributed by atoms with Crippen LogP contribution in [0.25, 0.3) is 0 Å². The van der Waals surface area contributed by atoms with E-state index in [1.807, 2.05) is 0 Å². The van der Waals surface area contributed by atoms with Gasteiger partial charge in [0.2, 0.25) is 0 Å². The zero-order chi connectivity index (χ0) is 15.0. The van der Waals surface area contributed by atoms with Crippen LogP contribution in [0, 0.1) is 17.7 Å². The van der Waals surface area contributed by atoms with Gasteiger partial charge in [0, 0.05) is 5.56 Å². The Morgan fingerprint density at radius 3 is 2.85 bits per heavy atom. The lowest BCUT2D eigenvalue weighted by molar-refractivity contribution is -0.141. The van der Waals surface area contributed by atoms with E-state index in [0.29, 0.717) is 0 Å². The Morgan fingerprint density at radius 2 is 2.20 bits per heavy atom. The zero-order valence-corrected chi connectivity index (χ0v) is 10.9. The van der Waals surface area contributed by atoms with Crippen molar-refractivity contribution in [3.63, 3.8) is 0 Å². The smallest absolute Gasteiger partial charge is 0.325 e. The summed E-state index contributed by atoms with van der Waals surface area (Å²) >= 11 is 0. The summed E-state index contributed by atoms with van der Waals surface area (Å²) in [5.41, 5.74) is 0.261. The largest absolute Gasteiger partial charge is 0.465 e. The van der Waals surface area contributed by atoms with Gasteiger partial charge < -0.3 is 15.2 Å². The Bertz CT molecular complexity index is 560. The number of carbonyl (C=O) groups excluding carboxylic acids is 2. The van der Waals surface area contributed by atoms with E-state index in [-0.39, 0.29) is 30.9 Å². The van der Waals surface area contributed by atoms with Crippen LogP contribution in [0.1, 0.15) is 22.8 Å². The molecule has 5 nitrogen and oxygen atoms in total. The third-order valence-corrected chi connectivity index (χ3v) is 2.23. The van der Waals surface area contributed by atoms with Gasteiger partial charge in [-0.3, -0.25) is 9.59 Å². The summed E-state index contributed by atoms with van der Waals surface area (Å²) < 4.78 is 17.8. The number of amides is 1. The van der Waals surface area contributed by atoms with Crippen LogP contribution in [0.3, 0.4) is 0 Å². The number of halogens is 1. The summed E-state index contributed by atoms with van der Waals surface area (Å²) in [4.78, 5) is 23.0. The van der Waals surface area contributed by atoms with E-state index in [1.54, 1.807) is 6.92 Å². The fraction of sp³-hybridized carbons (Fsp3) is 0.286. The normalized spacial score (nSPS) is 9.35. The number of aliphatic hydroxyl groups is 1. The second kappa shape index (κ2) is 7.92. The van der Waals surface area contributed by atoms with Crippen molar-refractivity contribution in [2.75, 3.05) is 19.8 Å². The molecule has 106 valence electrons. The minimum Gasteiger partial charge on any atom is -0.465 e. The summed E-state index contributed by atoms with van der Waals surface area (Å²) in [5, 5.41) is 11.0.